The minimum Gasteiger partial charge on any atom is -0.357 e. The quantitative estimate of drug-likeness (QED) is 0.712. The van der Waals surface area contributed by atoms with Crippen molar-refractivity contribution in [3.63, 3.8) is 0 Å². The first-order valence-electron chi connectivity index (χ1n) is 8.23. The molecule has 1 aromatic carbocycles. The summed E-state index contributed by atoms with van der Waals surface area (Å²) >= 11 is 3.61. The number of amides is 1. The van der Waals surface area contributed by atoms with Gasteiger partial charge in [-0.15, -0.1) is 0 Å². The van der Waals surface area contributed by atoms with Gasteiger partial charge in [-0.25, -0.2) is 0 Å². The van der Waals surface area contributed by atoms with Gasteiger partial charge in [0.05, 0.1) is 5.52 Å². The number of carbonyl (C=O) groups excluding carboxylic acids is 1. The molecular weight excluding hydrogens is 366 g/mol. The minimum absolute atomic E-state index is 0.187. The highest BCUT2D eigenvalue weighted by molar-refractivity contribution is 9.10. The normalized spacial score (nSPS) is 14.2. The summed E-state index contributed by atoms with van der Waals surface area (Å²) in [4.78, 5) is 18.3. The average Bonchev–Trinajstić information content (AvgIpc) is 3.10. The number of halogens is 1. The minimum atomic E-state index is 0.187. The Morgan fingerprint density at radius 2 is 1.96 bits per heavy atom. The first-order chi connectivity index (χ1) is 11.5. The van der Waals surface area contributed by atoms with Crippen LogP contribution in [0, 0.1) is 13.8 Å². The summed E-state index contributed by atoms with van der Waals surface area (Å²) in [6, 6.07) is 10.4. The van der Waals surface area contributed by atoms with E-state index >= 15 is 0 Å². The molecule has 0 spiro atoms. The summed E-state index contributed by atoms with van der Waals surface area (Å²) in [5.74, 6) is 0.187. The molecule has 0 fully saturated rings. The van der Waals surface area contributed by atoms with Crippen molar-refractivity contribution in [2.45, 2.75) is 33.4 Å². The Balaban J connectivity index is 1.61. The number of fused-ring (bicyclic) bond motifs is 3. The molecule has 0 unspecified atom stereocenters. The van der Waals surface area contributed by atoms with E-state index in [2.05, 4.69) is 43.7 Å². The third-order valence-corrected chi connectivity index (χ3v) is 5.68. The van der Waals surface area contributed by atoms with Crippen LogP contribution in [0.1, 0.15) is 22.6 Å². The lowest BCUT2D eigenvalue weighted by Gasteiger charge is -2.28. The lowest BCUT2D eigenvalue weighted by Crippen LogP contribution is -2.38. The zero-order valence-electron chi connectivity index (χ0n) is 13.9. The summed E-state index contributed by atoms with van der Waals surface area (Å²) in [6.45, 7) is 5.98. The fourth-order valence-corrected chi connectivity index (χ4v) is 4.06. The highest BCUT2D eigenvalue weighted by Gasteiger charge is 2.24. The topological polar surface area (TPSA) is 41.0 Å². The lowest BCUT2D eigenvalue weighted by molar-refractivity contribution is -0.132. The van der Waals surface area contributed by atoms with E-state index in [9.17, 15) is 4.79 Å². The predicted molar refractivity (Wildman–Crippen MR) is 99.0 cm³/mol. The van der Waals surface area contributed by atoms with Gasteiger partial charge >= 0.3 is 0 Å². The number of H-pyrrole nitrogens is 1. The number of rotatable bonds is 2. The maximum Gasteiger partial charge on any atom is 0.242 e. The van der Waals surface area contributed by atoms with Gasteiger partial charge in [0.1, 0.15) is 6.54 Å². The molecule has 3 aromatic rings. The van der Waals surface area contributed by atoms with Crippen molar-refractivity contribution in [1.82, 2.24) is 14.5 Å². The van der Waals surface area contributed by atoms with Crippen LogP contribution in [0.25, 0.3) is 10.9 Å². The Bertz CT molecular complexity index is 918. The SMILES string of the molecule is Cc1ccc(C)n1CC(=O)N1CCc2[nH]c3c(Br)cccc3c2C1. The van der Waals surface area contributed by atoms with Crippen molar-refractivity contribution in [1.29, 1.82) is 0 Å². The second kappa shape index (κ2) is 5.81. The maximum atomic E-state index is 12.8. The third kappa shape index (κ3) is 2.47. The van der Waals surface area contributed by atoms with Gasteiger partial charge in [-0.05, 0) is 48.0 Å². The molecule has 24 heavy (non-hydrogen) atoms. The van der Waals surface area contributed by atoms with Gasteiger partial charge < -0.3 is 14.5 Å². The first kappa shape index (κ1) is 15.5. The Kier molecular flexibility index (Phi) is 3.76. The second-order valence-electron chi connectivity index (χ2n) is 6.51. The monoisotopic (exact) mass is 385 g/mol. The van der Waals surface area contributed by atoms with E-state index in [-0.39, 0.29) is 5.91 Å². The number of aryl methyl sites for hydroxylation is 2. The first-order valence-corrected chi connectivity index (χ1v) is 9.02. The molecule has 0 saturated heterocycles. The number of para-hydroxylation sites is 1. The summed E-state index contributed by atoms with van der Waals surface area (Å²) < 4.78 is 3.16. The molecule has 2 aromatic heterocycles. The molecule has 1 amide bonds. The molecule has 0 saturated carbocycles. The van der Waals surface area contributed by atoms with Gasteiger partial charge in [0.25, 0.3) is 0 Å². The van der Waals surface area contributed by atoms with Gasteiger partial charge in [-0.2, -0.15) is 0 Å². The molecule has 1 N–H and O–H groups in total. The van der Waals surface area contributed by atoms with Crippen molar-refractivity contribution >= 4 is 32.7 Å². The van der Waals surface area contributed by atoms with Crippen LogP contribution in [0.3, 0.4) is 0 Å². The second-order valence-corrected chi connectivity index (χ2v) is 7.37. The van der Waals surface area contributed by atoms with Crippen LogP contribution >= 0.6 is 15.9 Å². The van der Waals surface area contributed by atoms with Crippen molar-refractivity contribution < 1.29 is 4.79 Å². The van der Waals surface area contributed by atoms with Crippen LogP contribution in [-0.4, -0.2) is 26.9 Å². The molecule has 0 atom stereocenters. The molecule has 3 heterocycles. The van der Waals surface area contributed by atoms with Crippen LogP contribution in [-0.2, 0) is 24.3 Å². The fraction of sp³-hybridized carbons (Fsp3) is 0.316. The van der Waals surface area contributed by atoms with Crippen molar-refractivity contribution in [3.05, 3.63) is 57.4 Å². The van der Waals surface area contributed by atoms with Gasteiger partial charge in [-0.1, -0.05) is 12.1 Å². The Hall–Kier alpha value is -2.01. The number of hydrogen-bond donors (Lipinski definition) is 1. The highest BCUT2D eigenvalue weighted by atomic mass is 79.9. The number of nitrogens with one attached hydrogen (secondary N) is 1. The summed E-state index contributed by atoms with van der Waals surface area (Å²) in [5.41, 5.74) is 5.92. The van der Waals surface area contributed by atoms with E-state index in [1.54, 1.807) is 0 Å². The predicted octanol–water partition coefficient (Wildman–Crippen LogP) is 3.93. The molecule has 0 bridgehead atoms. The zero-order chi connectivity index (χ0) is 16.8. The molecule has 1 aliphatic rings. The van der Waals surface area contributed by atoms with Gasteiger partial charge in [0.2, 0.25) is 5.91 Å². The number of aromatic nitrogens is 2. The van der Waals surface area contributed by atoms with E-state index in [1.165, 1.54) is 16.6 Å². The van der Waals surface area contributed by atoms with E-state index in [0.717, 1.165) is 34.3 Å². The van der Waals surface area contributed by atoms with Crippen LogP contribution in [0.4, 0.5) is 0 Å². The van der Waals surface area contributed by atoms with E-state index in [0.29, 0.717) is 13.1 Å². The van der Waals surface area contributed by atoms with Crippen molar-refractivity contribution in [2.75, 3.05) is 6.54 Å². The Morgan fingerprint density at radius 3 is 2.71 bits per heavy atom. The number of nitrogens with zero attached hydrogens (tertiary/aromatic N) is 2. The van der Waals surface area contributed by atoms with Gasteiger partial charge in [0, 0.05) is 52.0 Å². The summed E-state index contributed by atoms with van der Waals surface area (Å²) in [5, 5.41) is 1.21. The largest absolute Gasteiger partial charge is 0.357 e. The van der Waals surface area contributed by atoms with Crippen molar-refractivity contribution in [3.8, 4) is 0 Å². The van der Waals surface area contributed by atoms with Gasteiger partial charge in [-0.3, -0.25) is 4.79 Å². The van der Waals surface area contributed by atoms with Gasteiger partial charge in [0.15, 0.2) is 0 Å². The standard InChI is InChI=1S/C19H20BrN3O/c1-12-6-7-13(2)23(12)11-18(24)22-9-8-17-15(10-22)14-4-3-5-16(20)19(14)21-17/h3-7,21H,8-11H2,1-2H3. The maximum absolute atomic E-state index is 12.8. The number of carbonyl (C=O) groups is 1. The molecule has 5 heteroatoms. The molecule has 4 nitrogen and oxygen atoms in total. The van der Waals surface area contributed by atoms with E-state index in [4.69, 9.17) is 0 Å². The van der Waals surface area contributed by atoms with Crippen LogP contribution in [0.15, 0.2) is 34.8 Å². The number of benzene rings is 1. The third-order valence-electron chi connectivity index (χ3n) is 5.02. The Morgan fingerprint density at radius 1 is 1.21 bits per heavy atom. The molecule has 124 valence electrons. The average molecular weight is 386 g/mol. The molecular formula is C19H20BrN3O. The Labute approximate surface area is 149 Å². The van der Waals surface area contributed by atoms with Crippen LogP contribution in [0.5, 0.6) is 0 Å². The van der Waals surface area contributed by atoms with E-state index < -0.39 is 0 Å². The lowest BCUT2D eigenvalue weighted by atomic mass is 10.0. The van der Waals surface area contributed by atoms with Crippen LogP contribution < -0.4 is 0 Å². The summed E-state index contributed by atoms with van der Waals surface area (Å²) in [7, 11) is 0. The van der Waals surface area contributed by atoms with Crippen molar-refractivity contribution in [2.24, 2.45) is 0 Å². The summed E-state index contributed by atoms with van der Waals surface area (Å²) in [6.07, 6.45) is 0.881. The number of hydrogen-bond acceptors (Lipinski definition) is 1. The molecule has 0 radical (unpaired) electrons. The van der Waals surface area contributed by atoms with E-state index in [1.807, 2.05) is 30.9 Å². The fourth-order valence-electron chi connectivity index (χ4n) is 3.60. The number of aromatic amines is 1. The molecule has 4 rings (SSSR count). The smallest absolute Gasteiger partial charge is 0.242 e. The highest BCUT2D eigenvalue weighted by Crippen LogP contribution is 2.31. The molecule has 0 aliphatic carbocycles. The zero-order valence-corrected chi connectivity index (χ0v) is 15.5. The molecule has 1 aliphatic heterocycles. The van der Waals surface area contributed by atoms with Crippen LogP contribution in [0.2, 0.25) is 0 Å².